The molecule has 0 aliphatic heterocycles. The molecule has 0 aromatic rings. The van der Waals surface area contributed by atoms with Crippen molar-refractivity contribution in [2.45, 2.75) is 39.2 Å². The van der Waals surface area contributed by atoms with Crippen LogP contribution in [0.4, 0.5) is 0 Å². The molecular formula is C11H25N3O2S. The summed E-state index contributed by atoms with van der Waals surface area (Å²) in [6, 6.07) is 0.153. The molecular weight excluding hydrogens is 238 g/mol. The largest absolute Gasteiger partial charge is 0.317 e. The van der Waals surface area contributed by atoms with E-state index in [2.05, 4.69) is 23.9 Å². The van der Waals surface area contributed by atoms with Crippen molar-refractivity contribution in [3.8, 4) is 0 Å². The van der Waals surface area contributed by atoms with E-state index in [9.17, 15) is 8.42 Å². The van der Waals surface area contributed by atoms with E-state index in [0.29, 0.717) is 12.5 Å². The van der Waals surface area contributed by atoms with Crippen molar-refractivity contribution in [3.63, 3.8) is 0 Å². The topological polar surface area (TPSA) is 61.4 Å². The molecule has 1 fully saturated rings. The SMILES string of the molecule is CCCNCCCN(C)S(=O)(=O)NC1CC1C. The number of hydrogen-bond acceptors (Lipinski definition) is 3. The summed E-state index contributed by atoms with van der Waals surface area (Å²) in [5, 5.41) is 3.26. The molecule has 0 radical (unpaired) electrons. The zero-order valence-electron chi connectivity index (χ0n) is 11.1. The van der Waals surface area contributed by atoms with E-state index in [0.717, 1.165) is 32.4 Å². The maximum absolute atomic E-state index is 11.8. The standard InChI is InChI=1S/C11H25N3O2S/c1-4-6-12-7-5-8-14(3)17(15,16)13-11-9-10(11)2/h10-13H,4-9H2,1-3H3. The van der Waals surface area contributed by atoms with E-state index >= 15 is 0 Å². The van der Waals surface area contributed by atoms with Gasteiger partial charge in [0.05, 0.1) is 0 Å². The van der Waals surface area contributed by atoms with Crippen molar-refractivity contribution in [1.82, 2.24) is 14.3 Å². The molecule has 2 unspecified atom stereocenters. The Labute approximate surface area is 105 Å². The van der Waals surface area contributed by atoms with Crippen LogP contribution in [0.3, 0.4) is 0 Å². The normalized spacial score (nSPS) is 24.2. The van der Waals surface area contributed by atoms with Gasteiger partial charge in [-0.15, -0.1) is 0 Å². The summed E-state index contributed by atoms with van der Waals surface area (Å²) in [6.07, 6.45) is 2.91. The van der Waals surface area contributed by atoms with Gasteiger partial charge in [0.2, 0.25) is 0 Å². The molecule has 0 amide bonds. The summed E-state index contributed by atoms with van der Waals surface area (Å²) < 4.78 is 27.8. The molecule has 0 aromatic heterocycles. The Morgan fingerprint density at radius 3 is 2.53 bits per heavy atom. The molecule has 17 heavy (non-hydrogen) atoms. The smallest absolute Gasteiger partial charge is 0.279 e. The molecule has 0 heterocycles. The van der Waals surface area contributed by atoms with E-state index in [1.807, 2.05) is 0 Å². The third kappa shape index (κ3) is 5.33. The van der Waals surface area contributed by atoms with Gasteiger partial charge < -0.3 is 5.32 Å². The Balaban J connectivity index is 2.19. The van der Waals surface area contributed by atoms with Crippen LogP contribution < -0.4 is 10.0 Å². The Hall–Kier alpha value is -0.170. The number of nitrogens with one attached hydrogen (secondary N) is 2. The highest BCUT2D eigenvalue weighted by Crippen LogP contribution is 2.29. The Kier molecular flexibility index (Phi) is 5.85. The van der Waals surface area contributed by atoms with E-state index in [4.69, 9.17) is 0 Å². The van der Waals surface area contributed by atoms with Crippen molar-refractivity contribution in [3.05, 3.63) is 0 Å². The van der Waals surface area contributed by atoms with Crippen LogP contribution in [-0.4, -0.2) is 45.4 Å². The van der Waals surface area contributed by atoms with Crippen molar-refractivity contribution in [1.29, 1.82) is 0 Å². The van der Waals surface area contributed by atoms with Gasteiger partial charge in [-0.05, 0) is 38.3 Å². The molecule has 5 nitrogen and oxygen atoms in total. The molecule has 1 aliphatic carbocycles. The Bertz CT molecular complexity index is 319. The monoisotopic (exact) mass is 263 g/mol. The summed E-state index contributed by atoms with van der Waals surface area (Å²) >= 11 is 0. The molecule has 0 spiro atoms. The van der Waals surface area contributed by atoms with Gasteiger partial charge in [0.25, 0.3) is 10.2 Å². The first-order valence-corrected chi connectivity index (χ1v) is 7.85. The van der Waals surface area contributed by atoms with E-state index in [1.54, 1.807) is 7.05 Å². The molecule has 1 saturated carbocycles. The molecule has 0 bridgehead atoms. The van der Waals surface area contributed by atoms with Gasteiger partial charge in [-0.1, -0.05) is 13.8 Å². The first-order valence-electron chi connectivity index (χ1n) is 6.41. The van der Waals surface area contributed by atoms with Crippen LogP contribution in [0, 0.1) is 5.92 Å². The van der Waals surface area contributed by atoms with Gasteiger partial charge >= 0.3 is 0 Å². The van der Waals surface area contributed by atoms with E-state index in [-0.39, 0.29) is 6.04 Å². The van der Waals surface area contributed by atoms with Gasteiger partial charge in [0.15, 0.2) is 0 Å². The lowest BCUT2D eigenvalue weighted by molar-refractivity contribution is 0.443. The highest BCUT2D eigenvalue weighted by molar-refractivity contribution is 7.87. The van der Waals surface area contributed by atoms with E-state index < -0.39 is 10.2 Å². The number of rotatable bonds is 9. The minimum atomic E-state index is -3.27. The molecule has 6 heteroatoms. The number of nitrogens with zero attached hydrogens (tertiary/aromatic N) is 1. The molecule has 102 valence electrons. The van der Waals surface area contributed by atoms with Crippen LogP contribution in [0.15, 0.2) is 0 Å². The predicted octanol–water partition coefficient (Wildman–Crippen LogP) is 0.551. The second-order valence-corrected chi connectivity index (χ2v) is 6.68. The lowest BCUT2D eigenvalue weighted by atomic mass is 10.4. The fourth-order valence-corrected chi connectivity index (χ4v) is 2.88. The second-order valence-electron chi connectivity index (χ2n) is 4.87. The fourth-order valence-electron chi connectivity index (χ4n) is 1.62. The van der Waals surface area contributed by atoms with Crippen molar-refractivity contribution >= 4 is 10.2 Å². The van der Waals surface area contributed by atoms with Crippen LogP contribution in [0.25, 0.3) is 0 Å². The molecule has 1 rings (SSSR count). The molecule has 0 saturated heterocycles. The lowest BCUT2D eigenvalue weighted by Crippen LogP contribution is -2.40. The average Bonchev–Trinajstić information content (AvgIpc) is 2.92. The quantitative estimate of drug-likeness (QED) is 0.597. The highest BCUT2D eigenvalue weighted by Gasteiger charge is 2.36. The summed E-state index contributed by atoms with van der Waals surface area (Å²) in [5.41, 5.74) is 0. The van der Waals surface area contributed by atoms with Gasteiger partial charge in [-0.25, -0.2) is 0 Å². The summed E-state index contributed by atoms with van der Waals surface area (Å²) in [5.74, 6) is 0.490. The average molecular weight is 263 g/mol. The highest BCUT2D eigenvalue weighted by atomic mass is 32.2. The maximum atomic E-state index is 11.8. The maximum Gasteiger partial charge on any atom is 0.279 e. The minimum absolute atomic E-state index is 0.153. The summed E-state index contributed by atoms with van der Waals surface area (Å²) in [7, 11) is -1.63. The molecule has 2 N–H and O–H groups in total. The van der Waals surface area contributed by atoms with Crippen LogP contribution in [0.2, 0.25) is 0 Å². The van der Waals surface area contributed by atoms with Crippen LogP contribution >= 0.6 is 0 Å². The Morgan fingerprint density at radius 2 is 2.00 bits per heavy atom. The molecule has 2 atom stereocenters. The predicted molar refractivity (Wildman–Crippen MR) is 70.0 cm³/mol. The molecule has 0 aromatic carbocycles. The van der Waals surface area contributed by atoms with Gasteiger partial charge in [-0.3, -0.25) is 0 Å². The van der Waals surface area contributed by atoms with Gasteiger partial charge in [0.1, 0.15) is 0 Å². The number of hydrogen-bond donors (Lipinski definition) is 2. The summed E-state index contributed by atoms with van der Waals surface area (Å²) in [4.78, 5) is 0. The first kappa shape index (κ1) is 14.9. The van der Waals surface area contributed by atoms with Crippen LogP contribution in [0.5, 0.6) is 0 Å². The van der Waals surface area contributed by atoms with Gasteiger partial charge in [-0.2, -0.15) is 17.4 Å². The van der Waals surface area contributed by atoms with E-state index in [1.165, 1.54) is 4.31 Å². The third-order valence-corrected chi connectivity index (χ3v) is 4.68. The van der Waals surface area contributed by atoms with Crippen LogP contribution in [-0.2, 0) is 10.2 Å². The lowest BCUT2D eigenvalue weighted by Gasteiger charge is -2.17. The zero-order valence-corrected chi connectivity index (χ0v) is 11.9. The second kappa shape index (κ2) is 6.68. The fraction of sp³-hybridized carbons (Fsp3) is 1.00. The van der Waals surface area contributed by atoms with Crippen molar-refractivity contribution in [2.24, 2.45) is 5.92 Å². The van der Waals surface area contributed by atoms with Crippen molar-refractivity contribution < 1.29 is 8.42 Å². The summed E-state index contributed by atoms with van der Waals surface area (Å²) in [6.45, 7) is 6.60. The Morgan fingerprint density at radius 1 is 1.35 bits per heavy atom. The first-order chi connectivity index (χ1) is 7.97. The minimum Gasteiger partial charge on any atom is -0.317 e. The van der Waals surface area contributed by atoms with Crippen molar-refractivity contribution in [2.75, 3.05) is 26.7 Å². The van der Waals surface area contributed by atoms with Crippen LogP contribution in [0.1, 0.15) is 33.1 Å². The van der Waals surface area contributed by atoms with Gasteiger partial charge in [0, 0.05) is 19.6 Å². The molecule has 1 aliphatic rings. The zero-order chi connectivity index (χ0) is 12.9. The third-order valence-electron chi connectivity index (χ3n) is 3.07.